The molecule has 108 valence electrons. The number of hydrogen-bond acceptors (Lipinski definition) is 1. The quantitative estimate of drug-likeness (QED) is 0.776. The van der Waals surface area contributed by atoms with Crippen LogP contribution >= 0.6 is 11.6 Å². The average molecular weight is 303 g/mol. The van der Waals surface area contributed by atoms with E-state index in [9.17, 15) is 4.39 Å². The molecule has 0 aliphatic heterocycles. The molecule has 21 heavy (non-hydrogen) atoms. The molecule has 0 aliphatic rings. The number of nitrogens with zero attached hydrogens (tertiary/aromatic N) is 1. The molecule has 0 aliphatic carbocycles. The van der Waals surface area contributed by atoms with Crippen molar-refractivity contribution < 1.29 is 4.39 Å². The molecule has 3 rings (SSSR count). The molecular weight excluding hydrogens is 287 g/mol. The second-order valence-electron chi connectivity index (χ2n) is 5.07. The van der Waals surface area contributed by atoms with Crippen molar-refractivity contribution in [2.45, 2.75) is 13.0 Å². The third-order valence-electron chi connectivity index (χ3n) is 3.63. The van der Waals surface area contributed by atoms with Gasteiger partial charge in [0.2, 0.25) is 0 Å². The zero-order valence-electron chi connectivity index (χ0n) is 11.5. The highest BCUT2D eigenvalue weighted by molar-refractivity contribution is 6.31. The first-order valence-corrected chi connectivity index (χ1v) is 7.27. The van der Waals surface area contributed by atoms with Crippen molar-refractivity contribution in [3.8, 4) is 0 Å². The molecule has 0 unspecified atom stereocenters. The molecule has 0 fully saturated rings. The predicted octanol–water partition coefficient (Wildman–Crippen LogP) is 3.98. The van der Waals surface area contributed by atoms with E-state index in [0.717, 1.165) is 17.5 Å². The first kappa shape index (κ1) is 14.1. The van der Waals surface area contributed by atoms with Gasteiger partial charge in [0.05, 0.1) is 0 Å². The van der Waals surface area contributed by atoms with Crippen LogP contribution in [0, 0.1) is 5.82 Å². The van der Waals surface area contributed by atoms with Gasteiger partial charge < -0.3 is 10.3 Å². The van der Waals surface area contributed by atoms with E-state index >= 15 is 0 Å². The summed E-state index contributed by atoms with van der Waals surface area (Å²) in [7, 11) is 0. The van der Waals surface area contributed by atoms with Crippen LogP contribution in [0.5, 0.6) is 0 Å². The number of rotatable bonds is 4. The van der Waals surface area contributed by atoms with Gasteiger partial charge in [-0.15, -0.1) is 0 Å². The van der Waals surface area contributed by atoms with Gasteiger partial charge in [-0.05, 0) is 48.4 Å². The number of aromatic nitrogens is 1. The summed E-state index contributed by atoms with van der Waals surface area (Å²) in [6, 6.07) is 12.6. The summed E-state index contributed by atoms with van der Waals surface area (Å²) in [6.45, 7) is 1.15. The molecule has 2 nitrogen and oxygen atoms in total. The highest BCUT2D eigenvalue weighted by Gasteiger charge is 2.10. The fourth-order valence-electron chi connectivity index (χ4n) is 2.66. The maximum atomic E-state index is 13.4. The molecule has 3 aromatic rings. The van der Waals surface area contributed by atoms with E-state index in [1.165, 1.54) is 23.1 Å². The van der Waals surface area contributed by atoms with E-state index in [2.05, 4.69) is 22.9 Å². The Morgan fingerprint density at radius 1 is 1.10 bits per heavy atom. The van der Waals surface area contributed by atoms with Gasteiger partial charge in [0.1, 0.15) is 5.82 Å². The van der Waals surface area contributed by atoms with Gasteiger partial charge in [0.25, 0.3) is 0 Å². The molecule has 2 aromatic carbocycles. The number of hydrogen-bond donors (Lipinski definition) is 1. The lowest BCUT2D eigenvalue weighted by Gasteiger charge is -2.07. The molecule has 1 heterocycles. The molecule has 0 radical (unpaired) electrons. The van der Waals surface area contributed by atoms with E-state index in [1.807, 2.05) is 12.1 Å². The minimum atomic E-state index is -0.270. The first-order valence-electron chi connectivity index (χ1n) is 6.90. The summed E-state index contributed by atoms with van der Waals surface area (Å²) in [5.74, 6) is -0.270. The van der Waals surface area contributed by atoms with Crippen molar-refractivity contribution in [3.05, 3.63) is 70.6 Å². The van der Waals surface area contributed by atoms with E-state index in [0.29, 0.717) is 18.1 Å². The lowest BCUT2D eigenvalue weighted by Crippen LogP contribution is -2.02. The molecule has 4 heteroatoms. The van der Waals surface area contributed by atoms with Crippen molar-refractivity contribution in [2.75, 3.05) is 6.54 Å². The number of fused-ring (bicyclic) bond motifs is 1. The maximum Gasteiger partial charge on any atom is 0.123 e. The summed E-state index contributed by atoms with van der Waals surface area (Å²) in [5, 5.41) is 1.77. The smallest absolute Gasteiger partial charge is 0.123 e. The normalized spacial score (nSPS) is 11.2. The van der Waals surface area contributed by atoms with Gasteiger partial charge in [-0.3, -0.25) is 0 Å². The number of para-hydroxylation sites is 1. The van der Waals surface area contributed by atoms with Gasteiger partial charge in [0.15, 0.2) is 0 Å². The summed E-state index contributed by atoms with van der Waals surface area (Å²) < 4.78 is 15.5. The minimum absolute atomic E-state index is 0.270. The number of benzene rings is 2. The van der Waals surface area contributed by atoms with Crippen LogP contribution in [0.1, 0.15) is 11.1 Å². The topological polar surface area (TPSA) is 30.9 Å². The van der Waals surface area contributed by atoms with Crippen LogP contribution in [0.3, 0.4) is 0 Å². The first-order chi connectivity index (χ1) is 10.2. The Morgan fingerprint density at radius 3 is 2.71 bits per heavy atom. The van der Waals surface area contributed by atoms with Gasteiger partial charge in [-0.25, -0.2) is 4.39 Å². The third-order valence-corrected chi connectivity index (χ3v) is 4.00. The number of nitrogens with two attached hydrogens (primary N) is 1. The fourth-order valence-corrected chi connectivity index (χ4v) is 2.83. The highest BCUT2D eigenvalue weighted by Crippen LogP contribution is 2.25. The predicted molar refractivity (Wildman–Crippen MR) is 85.2 cm³/mol. The molecule has 2 N–H and O–H groups in total. The van der Waals surface area contributed by atoms with Crippen molar-refractivity contribution >= 4 is 22.5 Å². The van der Waals surface area contributed by atoms with Crippen LogP contribution in [0.4, 0.5) is 4.39 Å². The Bertz CT molecular complexity index is 780. The zero-order valence-corrected chi connectivity index (χ0v) is 12.3. The second-order valence-corrected chi connectivity index (χ2v) is 5.48. The van der Waals surface area contributed by atoms with Crippen LogP contribution in [0.25, 0.3) is 10.9 Å². The Hall–Kier alpha value is -1.84. The SMILES string of the molecule is NCCc1cn(Cc2cc(F)ccc2Cl)c2ccccc12. The van der Waals surface area contributed by atoms with E-state index in [-0.39, 0.29) is 5.82 Å². The molecule has 0 amide bonds. The van der Waals surface area contributed by atoms with Crippen LogP contribution in [-0.4, -0.2) is 11.1 Å². The van der Waals surface area contributed by atoms with Gasteiger partial charge in [0, 0.05) is 28.7 Å². The standard InChI is InChI=1S/C17H16ClFN2/c18-16-6-5-14(19)9-13(16)11-21-10-12(7-8-20)15-3-1-2-4-17(15)21/h1-6,9-10H,7-8,11,20H2. The monoisotopic (exact) mass is 302 g/mol. The molecule has 0 saturated heterocycles. The summed E-state index contributed by atoms with van der Waals surface area (Å²) in [4.78, 5) is 0. The van der Waals surface area contributed by atoms with E-state index in [1.54, 1.807) is 6.07 Å². The lowest BCUT2D eigenvalue weighted by atomic mass is 10.1. The second kappa shape index (κ2) is 5.88. The Balaban J connectivity index is 2.06. The van der Waals surface area contributed by atoms with Gasteiger partial charge >= 0.3 is 0 Å². The molecule has 0 bridgehead atoms. The maximum absolute atomic E-state index is 13.4. The molecule has 0 saturated carbocycles. The number of halogens is 2. The summed E-state index contributed by atoms with van der Waals surface area (Å²) in [6.07, 6.45) is 2.91. The van der Waals surface area contributed by atoms with Crippen molar-refractivity contribution in [2.24, 2.45) is 5.73 Å². The van der Waals surface area contributed by atoms with Crippen LogP contribution in [-0.2, 0) is 13.0 Å². The lowest BCUT2D eigenvalue weighted by molar-refractivity contribution is 0.624. The Labute approximate surface area is 127 Å². The largest absolute Gasteiger partial charge is 0.343 e. The minimum Gasteiger partial charge on any atom is -0.343 e. The zero-order chi connectivity index (χ0) is 14.8. The van der Waals surface area contributed by atoms with Gasteiger partial charge in [-0.2, -0.15) is 0 Å². The van der Waals surface area contributed by atoms with Crippen LogP contribution in [0.15, 0.2) is 48.7 Å². The Kier molecular flexibility index (Phi) is 3.95. The van der Waals surface area contributed by atoms with E-state index in [4.69, 9.17) is 17.3 Å². The summed E-state index contributed by atoms with van der Waals surface area (Å²) >= 11 is 6.17. The Morgan fingerprint density at radius 2 is 1.90 bits per heavy atom. The molecular formula is C17H16ClFN2. The van der Waals surface area contributed by atoms with Crippen molar-refractivity contribution in [1.82, 2.24) is 4.57 Å². The van der Waals surface area contributed by atoms with Crippen LogP contribution < -0.4 is 5.73 Å². The molecule has 0 spiro atoms. The van der Waals surface area contributed by atoms with Crippen molar-refractivity contribution in [1.29, 1.82) is 0 Å². The van der Waals surface area contributed by atoms with E-state index < -0.39 is 0 Å². The molecule has 1 aromatic heterocycles. The molecule has 0 atom stereocenters. The average Bonchev–Trinajstić information content (AvgIpc) is 2.82. The van der Waals surface area contributed by atoms with Crippen molar-refractivity contribution in [3.63, 3.8) is 0 Å². The highest BCUT2D eigenvalue weighted by atomic mass is 35.5. The third kappa shape index (κ3) is 2.80. The summed E-state index contributed by atoms with van der Waals surface area (Å²) in [5.41, 5.74) is 8.77. The fraction of sp³-hybridized carbons (Fsp3) is 0.176. The van der Waals surface area contributed by atoms with Crippen LogP contribution in [0.2, 0.25) is 5.02 Å². The van der Waals surface area contributed by atoms with Gasteiger partial charge in [-0.1, -0.05) is 29.8 Å².